The van der Waals surface area contributed by atoms with Crippen molar-refractivity contribution in [3.63, 3.8) is 0 Å². The van der Waals surface area contributed by atoms with Gasteiger partial charge in [0.15, 0.2) is 0 Å². The molecular weight excluding hydrogens is 322 g/mol. The molecule has 2 rings (SSSR count). The van der Waals surface area contributed by atoms with Crippen molar-refractivity contribution in [2.45, 2.75) is 49.0 Å². The Morgan fingerprint density at radius 2 is 2.24 bits per heavy atom. The van der Waals surface area contributed by atoms with E-state index >= 15 is 0 Å². The van der Waals surface area contributed by atoms with E-state index in [9.17, 15) is 0 Å². The topological polar surface area (TPSA) is 50.9 Å². The molecule has 1 aliphatic heterocycles. The van der Waals surface area contributed by atoms with Gasteiger partial charge < -0.3 is 11.1 Å². The average Bonchev–Trinajstić information content (AvgIpc) is 2.46. The van der Waals surface area contributed by atoms with Crippen molar-refractivity contribution in [3.05, 3.63) is 22.8 Å². The van der Waals surface area contributed by atoms with Crippen LogP contribution in [0.5, 0.6) is 0 Å². The van der Waals surface area contributed by atoms with E-state index in [0.29, 0.717) is 26.6 Å². The SMILES string of the molecule is CCCNC(c1cc(Cl)cnc1N)C1CSC(C)C(C)S1. The lowest BCUT2D eigenvalue weighted by Crippen LogP contribution is -2.38. The van der Waals surface area contributed by atoms with E-state index in [2.05, 4.69) is 42.8 Å². The monoisotopic (exact) mass is 345 g/mol. The van der Waals surface area contributed by atoms with Crippen molar-refractivity contribution >= 4 is 40.9 Å². The van der Waals surface area contributed by atoms with Gasteiger partial charge in [-0.2, -0.15) is 23.5 Å². The summed E-state index contributed by atoms with van der Waals surface area (Å²) in [5.74, 6) is 1.72. The molecule has 0 bridgehead atoms. The molecule has 1 aromatic heterocycles. The summed E-state index contributed by atoms with van der Waals surface area (Å²) >= 11 is 10.2. The summed E-state index contributed by atoms with van der Waals surface area (Å²) in [4.78, 5) is 4.23. The van der Waals surface area contributed by atoms with Crippen molar-refractivity contribution in [1.29, 1.82) is 0 Å². The molecule has 0 spiro atoms. The molecule has 0 amide bonds. The summed E-state index contributed by atoms with van der Waals surface area (Å²) in [5, 5.41) is 6.14. The Kier molecular flexibility index (Phi) is 6.53. The van der Waals surface area contributed by atoms with Gasteiger partial charge in [0.2, 0.25) is 0 Å². The fourth-order valence-electron chi connectivity index (χ4n) is 2.44. The standard InChI is InChI=1S/C15H24ClN3S2/c1-4-5-18-14(12-6-11(16)7-19-15(12)17)13-8-20-9(2)10(3)21-13/h6-7,9-10,13-14,18H,4-5,8H2,1-3H3,(H2,17,19). The van der Waals surface area contributed by atoms with Gasteiger partial charge >= 0.3 is 0 Å². The molecule has 1 fully saturated rings. The first-order valence-corrected chi connectivity index (χ1v) is 9.81. The molecule has 3 N–H and O–H groups in total. The molecule has 4 unspecified atom stereocenters. The zero-order chi connectivity index (χ0) is 15.4. The predicted octanol–water partition coefficient (Wildman–Crippen LogP) is 3.98. The number of halogens is 1. The number of hydrogen-bond acceptors (Lipinski definition) is 5. The molecule has 21 heavy (non-hydrogen) atoms. The van der Waals surface area contributed by atoms with E-state index in [-0.39, 0.29) is 6.04 Å². The van der Waals surface area contributed by atoms with Crippen LogP contribution in [0.15, 0.2) is 12.3 Å². The van der Waals surface area contributed by atoms with Crippen LogP contribution >= 0.6 is 35.1 Å². The van der Waals surface area contributed by atoms with Crippen LogP contribution in [0.1, 0.15) is 38.8 Å². The number of nitrogens with one attached hydrogen (secondary N) is 1. The first-order chi connectivity index (χ1) is 10.0. The summed E-state index contributed by atoms with van der Waals surface area (Å²) in [6.07, 6.45) is 2.71. The third kappa shape index (κ3) is 4.44. The second kappa shape index (κ2) is 7.95. The molecule has 0 radical (unpaired) electrons. The Morgan fingerprint density at radius 3 is 2.90 bits per heavy atom. The zero-order valence-corrected chi connectivity index (χ0v) is 15.2. The summed E-state index contributed by atoms with van der Waals surface area (Å²) < 4.78 is 0. The molecule has 2 heterocycles. The van der Waals surface area contributed by atoms with Crippen LogP contribution in [0.25, 0.3) is 0 Å². The minimum Gasteiger partial charge on any atom is -0.383 e. The Morgan fingerprint density at radius 1 is 1.48 bits per heavy atom. The van der Waals surface area contributed by atoms with Gasteiger partial charge in [0, 0.05) is 39.3 Å². The van der Waals surface area contributed by atoms with Gasteiger partial charge in [-0.3, -0.25) is 0 Å². The predicted molar refractivity (Wildman–Crippen MR) is 97.5 cm³/mol. The molecule has 0 aliphatic carbocycles. The van der Waals surface area contributed by atoms with Gasteiger partial charge in [-0.25, -0.2) is 4.98 Å². The highest BCUT2D eigenvalue weighted by Crippen LogP contribution is 2.42. The number of nitrogen functional groups attached to an aromatic ring is 1. The largest absolute Gasteiger partial charge is 0.383 e. The lowest BCUT2D eigenvalue weighted by molar-refractivity contribution is 0.528. The number of nitrogens with zero attached hydrogens (tertiary/aromatic N) is 1. The first-order valence-electron chi connectivity index (χ1n) is 7.44. The van der Waals surface area contributed by atoms with Crippen molar-refractivity contribution < 1.29 is 0 Å². The van der Waals surface area contributed by atoms with Gasteiger partial charge in [-0.1, -0.05) is 32.4 Å². The van der Waals surface area contributed by atoms with Gasteiger partial charge in [-0.05, 0) is 19.0 Å². The molecule has 6 heteroatoms. The zero-order valence-electron chi connectivity index (χ0n) is 12.8. The lowest BCUT2D eigenvalue weighted by atomic mass is 10.0. The van der Waals surface area contributed by atoms with Gasteiger partial charge in [0.05, 0.1) is 5.02 Å². The van der Waals surface area contributed by atoms with Crippen molar-refractivity contribution in [2.75, 3.05) is 18.0 Å². The fraction of sp³-hybridized carbons (Fsp3) is 0.667. The van der Waals surface area contributed by atoms with Crippen LogP contribution in [-0.4, -0.2) is 33.0 Å². The summed E-state index contributed by atoms with van der Waals surface area (Å²) in [6.45, 7) is 7.77. The van der Waals surface area contributed by atoms with E-state index in [1.54, 1.807) is 6.20 Å². The number of nitrogens with two attached hydrogens (primary N) is 1. The quantitative estimate of drug-likeness (QED) is 0.845. The Balaban J connectivity index is 2.23. The summed E-state index contributed by atoms with van der Waals surface area (Å²) in [5.41, 5.74) is 7.14. The lowest BCUT2D eigenvalue weighted by Gasteiger charge is -2.36. The number of pyridine rings is 1. The van der Waals surface area contributed by atoms with Gasteiger partial charge in [0.1, 0.15) is 5.82 Å². The van der Waals surface area contributed by atoms with Gasteiger partial charge in [-0.15, -0.1) is 0 Å². The van der Waals surface area contributed by atoms with E-state index < -0.39 is 0 Å². The van der Waals surface area contributed by atoms with Crippen LogP contribution < -0.4 is 11.1 Å². The Labute approximate surface area is 141 Å². The highest BCUT2D eigenvalue weighted by atomic mass is 35.5. The highest BCUT2D eigenvalue weighted by molar-refractivity contribution is 8.07. The van der Waals surface area contributed by atoms with E-state index in [1.807, 2.05) is 17.8 Å². The third-order valence-corrected chi connectivity index (χ3v) is 7.51. The molecule has 0 saturated carbocycles. The smallest absolute Gasteiger partial charge is 0.128 e. The molecule has 1 saturated heterocycles. The van der Waals surface area contributed by atoms with Crippen LogP contribution in [-0.2, 0) is 0 Å². The first kappa shape index (κ1) is 17.3. The molecule has 0 aromatic carbocycles. The highest BCUT2D eigenvalue weighted by Gasteiger charge is 2.33. The van der Waals surface area contributed by atoms with Crippen molar-refractivity contribution in [3.8, 4) is 0 Å². The van der Waals surface area contributed by atoms with Crippen LogP contribution in [0.3, 0.4) is 0 Å². The average molecular weight is 346 g/mol. The number of rotatable bonds is 5. The van der Waals surface area contributed by atoms with Crippen molar-refractivity contribution in [1.82, 2.24) is 10.3 Å². The maximum Gasteiger partial charge on any atom is 0.128 e. The minimum atomic E-state index is 0.212. The second-order valence-corrected chi connectivity index (χ2v) is 8.95. The molecule has 1 aliphatic rings. The number of anilines is 1. The van der Waals surface area contributed by atoms with Crippen molar-refractivity contribution in [2.24, 2.45) is 0 Å². The molecule has 118 valence electrons. The summed E-state index contributed by atoms with van der Waals surface area (Å²) in [7, 11) is 0. The third-order valence-electron chi connectivity index (χ3n) is 3.81. The molecule has 3 nitrogen and oxygen atoms in total. The normalized spacial score (nSPS) is 27.5. The molecular formula is C15H24ClN3S2. The van der Waals surface area contributed by atoms with Crippen LogP contribution in [0, 0.1) is 0 Å². The van der Waals surface area contributed by atoms with E-state index in [4.69, 9.17) is 17.3 Å². The maximum atomic E-state index is 6.13. The Bertz CT molecular complexity index is 472. The van der Waals surface area contributed by atoms with Crippen LogP contribution in [0.2, 0.25) is 5.02 Å². The van der Waals surface area contributed by atoms with Crippen LogP contribution in [0.4, 0.5) is 5.82 Å². The Hall–Kier alpha value is -0.100. The fourth-order valence-corrected chi connectivity index (χ4v) is 5.71. The van der Waals surface area contributed by atoms with E-state index in [0.717, 1.165) is 24.3 Å². The number of hydrogen-bond donors (Lipinski definition) is 2. The molecule has 1 aromatic rings. The summed E-state index contributed by atoms with van der Waals surface area (Å²) in [6, 6.07) is 2.18. The molecule has 4 atom stereocenters. The minimum absolute atomic E-state index is 0.212. The maximum absolute atomic E-state index is 6.13. The second-order valence-electron chi connectivity index (χ2n) is 5.48. The van der Waals surface area contributed by atoms with Gasteiger partial charge in [0.25, 0.3) is 0 Å². The number of thioether (sulfide) groups is 2. The van der Waals surface area contributed by atoms with E-state index in [1.165, 1.54) is 0 Å². The number of aromatic nitrogens is 1.